The van der Waals surface area contributed by atoms with Crippen molar-refractivity contribution in [3.8, 4) is 16.5 Å². The Morgan fingerprint density at radius 3 is 3.00 bits per heavy atom. The smallest absolute Gasteiger partial charge is 0.236 e. The number of oxazole rings is 1. The second-order valence-corrected chi connectivity index (χ2v) is 4.82. The lowest BCUT2D eigenvalue weighted by atomic mass is 10.3. The molecule has 2 aromatic heterocycles. The molecular weight excluding hydrogens is 265 g/mol. The second-order valence-electron chi connectivity index (χ2n) is 3.87. The lowest BCUT2D eigenvalue weighted by Crippen LogP contribution is -1.95. The molecular formula is C14H10FNO2S. The zero-order chi connectivity index (χ0) is 13.1. The number of hydrogen-bond donors (Lipinski definition) is 0. The van der Waals surface area contributed by atoms with Gasteiger partial charge in [-0.05, 0) is 23.6 Å². The van der Waals surface area contributed by atoms with Gasteiger partial charge in [-0.25, -0.2) is 9.37 Å². The topological polar surface area (TPSA) is 35.3 Å². The fraction of sp³-hybridized carbons (Fsp3) is 0.0714. The Kier molecular flexibility index (Phi) is 3.29. The highest BCUT2D eigenvalue weighted by Gasteiger charge is 2.08. The van der Waals surface area contributed by atoms with Gasteiger partial charge >= 0.3 is 0 Å². The van der Waals surface area contributed by atoms with E-state index in [0.29, 0.717) is 17.3 Å². The van der Waals surface area contributed by atoms with Gasteiger partial charge in [0.25, 0.3) is 0 Å². The molecule has 3 rings (SSSR count). The monoisotopic (exact) mass is 275 g/mol. The maximum absolute atomic E-state index is 13.0. The quantitative estimate of drug-likeness (QED) is 0.718. The van der Waals surface area contributed by atoms with Gasteiger partial charge in [-0.3, -0.25) is 0 Å². The molecule has 0 spiro atoms. The minimum atomic E-state index is -0.322. The molecule has 96 valence electrons. The standard InChI is InChI=1S/C14H10FNO2S/c15-10-3-1-4-12(7-10)17-8-11-9-18-14(16-11)13-5-2-6-19-13/h1-7,9H,8H2. The zero-order valence-corrected chi connectivity index (χ0v) is 10.7. The van der Waals surface area contributed by atoms with Crippen LogP contribution in [0.2, 0.25) is 0 Å². The molecule has 5 heteroatoms. The summed E-state index contributed by atoms with van der Waals surface area (Å²) in [5.74, 6) is 0.727. The van der Waals surface area contributed by atoms with Crippen LogP contribution >= 0.6 is 11.3 Å². The Bertz CT molecular complexity index is 664. The second kappa shape index (κ2) is 5.24. The van der Waals surface area contributed by atoms with Crippen molar-refractivity contribution in [2.75, 3.05) is 0 Å². The number of aromatic nitrogens is 1. The lowest BCUT2D eigenvalue weighted by Gasteiger charge is -2.02. The minimum Gasteiger partial charge on any atom is -0.487 e. The Morgan fingerprint density at radius 1 is 1.26 bits per heavy atom. The van der Waals surface area contributed by atoms with Crippen LogP contribution in [-0.2, 0) is 6.61 Å². The molecule has 19 heavy (non-hydrogen) atoms. The van der Waals surface area contributed by atoms with E-state index < -0.39 is 0 Å². The summed E-state index contributed by atoms with van der Waals surface area (Å²) in [5, 5.41) is 1.96. The van der Waals surface area contributed by atoms with Crippen molar-refractivity contribution in [3.05, 3.63) is 59.6 Å². The van der Waals surface area contributed by atoms with Crippen LogP contribution in [0.25, 0.3) is 10.8 Å². The molecule has 0 saturated heterocycles. The molecule has 0 saturated carbocycles. The van der Waals surface area contributed by atoms with Crippen molar-refractivity contribution in [1.29, 1.82) is 0 Å². The van der Waals surface area contributed by atoms with E-state index in [1.807, 2.05) is 17.5 Å². The molecule has 0 radical (unpaired) electrons. The van der Waals surface area contributed by atoms with Gasteiger partial charge in [-0.2, -0.15) is 0 Å². The van der Waals surface area contributed by atoms with Gasteiger partial charge < -0.3 is 9.15 Å². The van der Waals surface area contributed by atoms with E-state index >= 15 is 0 Å². The van der Waals surface area contributed by atoms with Gasteiger partial charge in [-0.15, -0.1) is 11.3 Å². The number of rotatable bonds is 4. The first kappa shape index (κ1) is 11.9. The van der Waals surface area contributed by atoms with Gasteiger partial charge in [0, 0.05) is 6.07 Å². The largest absolute Gasteiger partial charge is 0.487 e. The summed E-state index contributed by atoms with van der Waals surface area (Å²) in [5.41, 5.74) is 0.674. The Balaban J connectivity index is 1.68. The highest BCUT2D eigenvalue weighted by molar-refractivity contribution is 7.13. The van der Waals surface area contributed by atoms with E-state index in [9.17, 15) is 4.39 Å². The van der Waals surface area contributed by atoms with Crippen molar-refractivity contribution in [2.24, 2.45) is 0 Å². The maximum Gasteiger partial charge on any atom is 0.236 e. The summed E-state index contributed by atoms with van der Waals surface area (Å²) in [6.07, 6.45) is 1.55. The molecule has 1 aromatic carbocycles. The highest BCUT2D eigenvalue weighted by Crippen LogP contribution is 2.24. The normalized spacial score (nSPS) is 10.6. The number of ether oxygens (including phenoxy) is 1. The van der Waals surface area contributed by atoms with E-state index in [4.69, 9.17) is 9.15 Å². The molecule has 0 bridgehead atoms. The molecule has 0 atom stereocenters. The third-order valence-electron chi connectivity index (χ3n) is 2.47. The maximum atomic E-state index is 13.0. The van der Waals surface area contributed by atoms with E-state index in [0.717, 1.165) is 4.88 Å². The minimum absolute atomic E-state index is 0.248. The van der Waals surface area contributed by atoms with Gasteiger partial charge in [0.15, 0.2) is 0 Å². The lowest BCUT2D eigenvalue weighted by molar-refractivity contribution is 0.299. The fourth-order valence-electron chi connectivity index (χ4n) is 1.60. The van der Waals surface area contributed by atoms with Crippen molar-refractivity contribution in [1.82, 2.24) is 4.98 Å². The van der Waals surface area contributed by atoms with Crippen LogP contribution in [-0.4, -0.2) is 4.98 Å². The van der Waals surface area contributed by atoms with E-state index in [-0.39, 0.29) is 12.4 Å². The average Bonchev–Trinajstić information content (AvgIpc) is 3.07. The number of halogens is 1. The van der Waals surface area contributed by atoms with Crippen LogP contribution in [0.3, 0.4) is 0 Å². The van der Waals surface area contributed by atoms with Gasteiger partial charge in [0.1, 0.15) is 30.1 Å². The first-order chi connectivity index (χ1) is 9.31. The van der Waals surface area contributed by atoms with Crippen LogP contribution in [0.4, 0.5) is 4.39 Å². The number of thiophene rings is 1. The molecule has 0 fully saturated rings. The van der Waals surface area contributed by atoms with Gasteiger partial charge in [-0.1, -0.05) is 12.1 Å². The van der Waals surface area contributed by atoms with Gasteiger partial charge in [0.05, 0.1) is 4.88 Å². The van der Waals surface area contributed by atoms with Gasteiger partial charge in [0.2, 0.25) is 5.89 Å². The fourth-order valence-corrected chi connectivity index (χ4v) is 2.26. The third kappa shape index (κ3) is 2.82. The Labute approximate surface area is 113 Å². The number of benzene rings is 1. The van der Waals surface area contributed by atoms with E-state index in [1.165, 1.54) is 12.1 Å². The van der Waals surface area contributed by atoms with Crippen molar-refractivity contribution < 1.29 is 13.5 Å². The molecule has 0 unspecified atom stereocenters. The summed E-state index contributed by atoms with van der Waals surface area (Å²) in [6, 6.07) is 9.88. The molecule has 3 nitrogen and oxygen atoms in total. The van der Waals surface area contributed by atoms with Crippen LogP contribution in [0.15, 0.2) is 52.5 Å². The molecule has 0 aliphatic rings. The van der Waals surface area contributed by atoms with Crippen LogP contribution in [0.5, 0.6) is 5.75 Å². The summed E-state index contributed by atoms with van der Waals surface area (Å²) in [7, 11) is 0. The molecule has 0 N–H and O–H groups in total. The summed E-state index contributed by atoms with van der Waals surface area (Å²) in [6.45, 7) is 0.248. The van der Waals surface area contributed by atoms with E-state index in [1.54, 1.807) is 29.7 Å². The first-order valence-electron chi connectivity index (χ1n) is 5.68. The van der Waals surface area contributed by atoms with Crippen molar-refractivity contribution >= 4 is 11.3 Å². The highest BCUT2D eigenvalue weighted by atomic mass is 32.1. The van der Waals surface area contributed by atoms with Crippen LogP contribution in [0, 0.1) is 5.82 Å². The van der Waals surface area contributed by atoms with Crippen molar-refractivity contribution in [3.63, 3.8) is 0 Å². The Hall–Kier alpha value is -2.14. The van der Waals surface area contributed by atoms with Crippen LogP contribution in [0.1, 0.15) is 5.69 Å². The Morgan fingerprint density at radius 2 is 2.21 bits per heavy atom. The SMILES string of the molecule is Fc1cccc(OCc2coc(-c3cccs3)n2)c1. The average molecular weight is 275 g/mol. The van der Waals surface area contributed by atoms with E-state index in [2.05, 4.69) is 4.98 Å². The molecule has 0 amide bonds. The first-order valence-corrected chi connectivity index (χ1v) is 6.56. The number of nitrogens with zero attached hydrogens (tertiary/aromatic N) is 1. The summed E-state index contributed by atoms with van der Waals surface area (Å²) >= 11 is 1.56. The molecule has 2 heterocycles. The molecule has 0 aliphatic carbocycles. The summed E-state index contributed by atoms with van der Waals surface area (Å²) < 4.78 is 23.8. The molecule has 3 aromatic rings. The predicted molar refractivity (Wildman–Crippen MR) is 70.5 cm³/mol. The number of hydrogen-bond acceptors (Lipinski definition) is 4. The predicted octanol–water partition coefficient (Wildman–Crippen LogP) is 4.12. The van der Waals surface area contributed by atoms with Crippen molar-refractivity contribution in [2.45, 2.75) is 6.61 Å². The zero-order valence-electron chi connectivity index (χ0n) is 9.88. The van der Waals surface area contributed by atoms with Crippen LogP contribution < -0.4 is 4.74 Å². The third-order valence-corrected chi connectivity index (χ3v) is 3.32. The molecule has 0 aliphatic heterocycles. The summed E-state index contributed by atoms with van der Waals surface area (Å²) in [4.78, 5) is 5.28.